The number of carboxylic acids is 4. The van der Waals surface area contributed by atoms with E-state index in [-0.39, 0.29) is 57.5 Å². The number of anilines is 1. The zero-order valence-corrected chi connectivity index (χ0v) is 55.9. The molecule has 35 nitrogen and oxygen atoms in total. The number of hydrogen-bond donors (Lipinski definition) is 16. The monoisotopic (exact) mass is 1380 g/mol. The molecule has 3 aliphatic rings. The van der Waals surface area contributed by atoms with Gasteiger partial charge in [0.05, 0.1) is 50.7 Å². The van der Waals surface area contributed by atoms with Gasteiger partial charge in [-0.15, -0.1) is 0 Å². The Bertz CT molecular complexity index is 3110. The van der Waals surface area contributed by atoms with Gasteiger partial charge >= 0.3 is 23.9 Å². The lowest BCUT2D eigenvalue weighted by atomic mass is 9.96. The fourth-order valence-corrected chi connectivity index (χ4v) is 11.3. The lowest BCUT2D eigenvalue weighted by Crippen LogP contribution is -2.66. The van der Waals surface area contributed by atoms with Crippen LogP contribution in [0.1, 0.15) is 150 Å². The number of piperidine rings is 1. The van der Waals surface area contributed by atoms with Crippen LogP contribution in [0.5, 0.6) is 0 Å². The second-order valence-electron chi connectivity index (χ2n) is 25.1. The number of carboxylic acid groups (broad SMARTS) is 4. The molecular weight excluding hydrogens is 1290 g/mol. The van der Waals surface area contributed by atoms with Crippen LogP contribution in [0.3, 0.4) is 0 Å². The first-order valence-electron chi connectivity index (χ1n) is 32.8. The molecule has 35 heteroatoms. The first kappa shape index (κ1) is 80.6. The maximum absolute atomic E-state index is 15.3. The van der Waals surface area contributed by atoms with E-state index < -0.39 is 212 Å². The minimum absolute atomic E-state index is 0.00385. The number of benzene rings is 1. The van der Waals surface area contributed by atoms with Crippen molar-refractivity contribution in [2.24, 2.45) is 17.6 Å². The minimum Gasteiger partial charge on any atom is -0.481 e. The van der Waals surface area contributed by atoms with Crippen LogP contribution >= 0.6 is 0 Å². The van der Waals surface area contributed by atoms with Crippen molar-refractivity contribution in [3.63, 3.8) is 0 Å². The Balaban J connectivity index is 1.78. The molecule has 1 aromatic carbocycles. The smallest absolute Gasteiger partial charge is 0.308 e. The molecular formula is C63H94N14O21. The number of nitrogens with two attached hydrogens (primary N) is 1. The SMILES string of the molecule is CCCCCCCCCC(=O)Nc1cccc(CC(=O)NC(CC(=O)O)C(=O)NC2C(=O)N3CCCCC3C(=O)NC(C(C)C(=O)O)C(=O)NC(CC(=O)O)C(=O)NCC(=O)NC(CC(=O)O)C(=O)NCC(=O)NC(C(C)N)C(=O)NC(C(C)C)C(=O)N3CCCC3C(=O)NC2C)c1. The molecule has 0 radical (unpaired) electrons. The molecule has 0 aromatic heterocycles. The van der Waals surface area contributed by atoms with Gasteiger partial charge in [-0.05, 0) is 82.9 Å². The Morgan fingerprint density at radius 1 is 0.592 bits per heavy atom. The molecule has 3 saturated heterocycles. The minimum atomic E-state index is -2.17. The molecule has 0 bridgehead atoms. The summed E-state index contributed by atoms with van der Waals surface area (Å²) in [6.45, 7) is 6.34. The molecule has 13 amide bonds. The molecule has 3 aliphatic heterocycles. The van der Waals surface area contributed by atoms with E-state index in [0.29, 0.717) is 17.7 Å². The van der Waals surface area contributed by atoms with Crippen LogP contribution in [-0.2, 0) is 87.9 Å². The van der Waals surface area contributed by atoms with Gasteiger partial charge in [0.1, 0.15) is 54.4 Å². The molecule has 4 rings (SSSR count). The molecule has 12 atom stereocenters. The van der Waals surface area contributed by atoms with Crippen LogP contribution in [0, 0.1) is 11.8 Å². The fraction of sp³-hybridized carbons (Fsp3) is 0.635. The van der Waals surface area contributed by atoms with Gasteiger partial charge in [0, 0.05) is 31.2 Å². The first-order valence-corrected chi connectivity index (χ1v) is 32.8. The van der Waals surface area contributed by atoms with E-state index in [1.54, 1.807) is 32.0 Å². The van der Waals surface area contributed by atoms with Gasteiger partial charge in [-0.1, -0.05) is 71.4 Å². The van der Waals surface area contributed by atoms with E-state index in [1.807, 2.05) is 16.0 Å². The number of carbonyl (C=O) groups excluding carboxylic acids is 13. The number of carbonyl (C=O) groups is 17. The van der Waals surface area contributed by atoms with Crippen molar-refractivity contribution in [2.45, 2.75) is 217 Å². The molecule has 3 heterocycles. The lowest BCUT2D eigenvalue weighted by Gasteiger charge is -2.39. The third-order valence-electron chi connectivity index (χ3n) is 16.7. The summed E-state index contributed by atoms with van der Waals surface area (Å²) >= 11 is 0. The summed E-state index contributed by atoms with van der Waals surface area (Å²) in [6, 6.07) is -12.7. The van der Waals surface area contributed by atoms with E-state index in [4.69, 9.17) is 5.73 Å². The van der Waals surface area contributed by atoms with Crippen LogP contribution in [0.4, 0.5) is 5.69 Å². The van der Waals surface area contributed by atoms with Gasteiger partial charge in [0.15, 0.2) is 0 Å². The predicted octanol–water partition coefficient (Wildman–Crippen LogP) is -3.03. The number of hydrogen-bond acceptors (Lipinski definition) is 18. The molecule has 17 N–H and O–H groups in total. The zero-order chi connectivity index (χ0) is 73.1. The van der Waals surface area contributed by atoms with Crippen LogP contribution in [0.2, 0.25) is 0 Å². The summed E-state index contributed by atoms with van der Waals surface area (Å²) in [5.74, 6) is -23.2. The Morgan fingerprint density at radius 2 is 1.13 bits per heavy atom. The highest BCUT2D eigenvalue weighted by Gasteiger charge is 2.45. The van der Waals surface area contributed by atoms with Crippen molar-refractivity contribution in [3.05, 3.63) is 29.8 Å². The molecule has 542 valence electrons. The normalized spacial score (nSPS) is 24.1. The van der Waals surface area contributed by atoms with Crippen LogP contribution in [0.25, 0.3) is 0 Å². The second kappa shape index (κ2) is 39.4. The molecule has 98 heavy (non-hydrogen) atoms. The summed E-state index contributed by atoms with van der Waals surface area (Å²) in [7, 11) is 0. The second-order valence-corrected chi connectivity index (χ2v) is 25.1. The number of rotatable bonds is 24. The van der Waals surface area contributed by atoms with Crippen molar-refractivity contribution in [1.29, 1.82) is 0 Å². The van der Waals surface area contributed by atoms with Gasteiger partial charge in [0.25, 0.3) is 0 Å². The first-order chi connectivity index (χ1) is 46.2. The van der Waals surface area contributed by atoms with Crippen LogP contribution in [-0.4, -0.2) is 224 Å². The maximum atomic E-state index is 15.3. The Labute approximate surface area is 565 Å². The number of unbranched alkanes of at least 4 members (excludes halogenated alkanes) is 6. The van der Waals surface area contributed by atoms with Gasteiger partial charge in [-0.2, -0.15) is 0 Å². The number of aliphatic carboxylic acids is 4. The maximum Gasteiger partial charge on any atom is 0.308 e. The highest BCUT2D eigenvalue weighted by atomic mass is 16.4. The van der Waals surface area contributed by atoms with Gasteiger partial charge in [-0.25, -0.2) is 0 Å². The fourth-order valence-electron chi connectivity index (χ4n) is 11.3. The average molecular weight is 1380 g/mol. The molecule has 3 fully saturated rings. The van der Waals surface area contributed by atoms with Crippen molar-refractivity contribution in [2.75, 3.05) is 31.5 Å². The van der Waals surface area contributed by atoms with E-state index in [1.165, 1.54) is 19.9 Å². The third kappa shape index (κ3) is 25.6. The van der Waals surface area contributed by atoms with E-state index in [2.05, 4.69) is 49.5 Å². The van der Waals surface area contributed by atoms with E-state index >= 15 is 4.79 Å². The Kier molecular flexibility index (Phi) is 32.4. The van der Waals surface area contributed by atoms with Crippen LogP contribution < -0.4 is 64.2 Å². The zero-order valence-electron chi connectivity index (χ0n) is 55.9. The predicted molar refractivity (Wildman–Crippen MR) is 345 cm³/mol. The Hall–Kier alpha value is -9.83. The molecule has 0 saturated carbocycles. The van der Waals surface area contributed by atoms with Crippen molar-refractivity contribution in [3.8, 4) is 0 Å². The van der Waals surface area contributed by atoms with Gasteiger partial charge < -0.3 is 94.4 Å². The summed E-state index contributed by atoms with van der Waals surface area (Å²) in [5.41, 5.74) is 6.83. The Morgan fingerprint density at radius 3 is 1.71 bits per heavy atom. The lowest BCUT2D eigenvalue weighted by molar-refractivity contribution is -0.150. The summed E-state index contributed by atoms with van der Waals surface area (Å²) < 4.78 is 0. The molecule has 1 aromatic rings. The quantitative estimate of drug-likeness (QED) is 0.0458. The van der Waals surface area contributed by atoms with E-state index in [0.717, 1.165) is 55.2 Å². The number of fused-ring (bicyclic) bond motifs is 2. The highest BCUT2D eigenvalue weighted by molar-refractivity contribution is 6.01. The number of amides is 13. The van der Waals surface area contributed by atoms with Gasteiger partial charge in [-0.3, -0.25) is 81.5 Å². The number of nitrogens with one attached hydrogen (secondary N) is 11. The molecule has 0 aliphatic carbocycles. The standard InChI is InChI=1S/C63H94N14O21/c1-7-8-9-10-11-12-13-22-43(78)68-37-19-16-18-36(25-37)26-44(79)69-40(29-49(86)87)56(90)75-53-35(6)67-57(91)42-21-17-24-77(42)61(95)50(32(2)3)73-60(94)52(34(5)64)72-46(81)31-66-54(88)38(27-47(82)83)70-45(80)30-65-55(89)39(28-48(84)85)71-59(93)51(33(4)63(97)98)74-58(92)41-20-14-15-23-76(41)62(53)96/h16,18-19,25,32-35,38-42,50-53H,7-15,17,20-24,26-31,64H2,1-6H3,(H,65,89)(H,66,88)(H,67,91)(H,68,78)(H,69,79)(H,70,80)(H,71,93)(H,72,81)(H,73,94)(H,74,92)(H,75,90)(H,82,83)(H,84,85)(H,86,87)(H,97,98). The van der Waals surface area contributed by atoms with Crippen molar-refractivity contribution in [1.82, 2.24) is 63.0 Å². The van der Waals surface area contributed by atoms with E-state index in [9.17, 15) is 97.1 Å². The van der Waals surface area contributed by atoms with Crippen molar-refractivity contribution >= 4 is 106 Å². The summed E-state index contributed by atoms with van der Waals surface area (Å²) in [6.07, 6.45) is 3.75. The molecule has 12 unspecified atom stereocenters. The largest absolute Gasteiger partial charge is 0.481 e. The molecule has 0 spiro atoms. The summed E-state index contributed by atoms with van der Waals surface area (Å²) in [5, 5.41) is 65.2. The van der Waals surface area contributed by atoms with Crippen molar-refractivity contribution < 1.29 is 102 Å². The topological polar surface area (TPSA) is 536 Å². The number of nitrogens with zero attached hydrogens (tertiary/aromatic N) is 2. The van der Waals surface area contributed by atoms with Gasteiger partial charge in [0.2, 0.25) is 76.8 Å². The van der Waals surface area contributed by atoms with Crippen LogP contribution in [0.15, 0.2) is 24.3 Å². The third-order valence-corrected chi connectivity index (χ3v) is 16.7. The average Bonchev–Trinajstić information content (AvgIpc) is 1.32. The summed E-state index contributed by atoms with van der Waals surface area (Å²) in [4.78, 5) is 233. The highest BCUT2D eigenvalue weighted by Crippen LogP contribution is 2.24.